The van der Waals surface area contributed by atoms with Crippen LogP contribution < -0.4 is 4.90 Å². The van der Waals surface area contributed by atoms with Gasteiger partial charge >= 0.3 is 0 Å². The molecule has 0 aliphatic carbocycles. The molecule has 2 rings (SSSR count). The quantitative estimate of drug-likeness (QED) is 0.869. The van der Waals surface area contributed by atoms with E-state index in [1.807, 2.05) is 6.07 Å². The van der Waals surface area contributed by atoms with Gasteiger partial charge in [0.15, 0.2) is 9.84 Å². The van der Waals surface area contributed by atoms with E-state index in [-0.39, 0.29) is 4.90 Å². The van der Waals surface area contributed by atoms with Crippen LogP contribution in [0, 0.1) is 0 Å². The Balaban J connectivity index is 2.17. The number of carbonyl (C=O) groups excluding carboxylic acids is 1. The molecule has 0 saturated carbocycles. The van der Waals surface area contributed by atoms with Gasteiger partial charge in [-0.25, -0.2) is 8.42 Å². The molecule has 0 fully saturated rings. The number of hydrogen-bond acceptors (Lipinski definition) is 3. The highest BCUT2D eigenvalue weighted by atomic mass is 35.5. The second-order valence-corrected chi connectivity index (χ2v) is 6.93. The topological polar surface area (TPSA) is 54.5 Å². The Hall–Kier alpha value is -1.85. The maximum Gasteiger partial charge on any atom is 0.242 e. The largest absolute Gasteiger partial charge is 0.315 e. The second kappa shape index (κ2) is 6.28. The van der Waals surface area contributed by atoms with Crippen molar-refractivity contribution in [3.63, 3.8) is 0 Å². The summed E-state index contributed by atoms with van der Waals surface area (Å²) >= 11 is 5.73. The number of sulfone groups is 1. The van der Waals surface area contributed by atoms with Gasteiger partial charge < -0.3 is 4.90 Å². The minimum Gasteiger partial charge on any atom is -0.315 e. The molecule has 21 heavy (non-hydrogen) atoms. The fourth-order valence-corrected chi connectivity index (χ4v) is 3.14. The van der Waals surface area contributed by atoms with Crippen LogP contribution in [0.2, 0.25) is 5.02 Å². The molecular weight excluding hydrogens is 310 g/mol. The lowest BCUT2D eigenvalue weighted by molar-refractivity contribution is -0.115. The minimum atomic E-state index is -3.68. The smallest absolute Gasteiger partial charge is 0.242 e. The summed E-state index contributed by atoms with van der Waals surface area (Å²) in [6.07, 6.45) is 0. The van der Waals surface area contributed by atoms with E-state index >= 15 is 0 Å². The number of para-hydroxylation sites is 1. The van der Waals surface area contributed by atoms with Crippen molar-refractivity contribution >= 4 is 33.0 Å². The molecule has 0 radical (unpaired) electrons. The van der Waals surface area contributed by atoms with Gasteiger partial charge in [-0.05, 0) is 36.4 Å². The van der Waals surface area contributed by atoms with Gasteiger partial charge in [-0.2, -0.15) is 0 Å². The maximum atomic E-state index is 12.2. The fraction of sp³-hybridized carbons (Fsp3) is 0.133. The number of amides is 1. The van der Waals surface area contributed by atoms with Gasteiger partial charge in [-0.3, -0.25) is 4.79 Å². The molecular formula is C15H14ClNO3S. The van der Waals surface area contributed by atoms with E-state index in [0.29, 0.717) is 10.7 Å². The summed E-state index contributed by atoms with van der Waals surface area (Å²) in [5.41, 5.74) is 0.647. The first-order valence-corrected chi connectivity index (χ1v) is 8.23. The van der Waals surface area contributed by atoms with Crippen LogP contribution in [0.15, 0.2) is 59.5 Å². The summed E-state index contributed by atoms with van der Waals surface area (Å²) in [5.74, 6) is -1.07. The number of anilines is 1. The normalized spacial score (nSPS) is 11.1. The number of carbonyl (C=O) groups is 1. The Morgan fingerprint density at radius 1 is 1.05 bits per heavy atom. The highest BCUT2D eigenvalue weighted by molar-refractivity contribution is 7.92. The third-order valence-electron chi connectivity index (χ3n) is 3.00. The average molecular weight is 324 g/mol. The zero-order chi connectivity index (χ0) is 15.5. The van der Waals surface area contributed by atoms with Crippen LogP contribution in [0.4, 0.5) is 5.69 Å². The molecule has 0 bridgehead atoms. The van der Waals surface area contributed by atoms with Gasteiger partial charge in [-0.15, -0.1) is 0 Å². The van der Waals surface area contributed by atoms with Gasteiger partial charge in [-0.1, -0.05) is 29.8 Å². The lowest BCUT2D eigenvalue weighted by atomic mass is 10.3. The molecule has 2 aromatic carbocycles. The maximum absolute atomic E-state index is 12.2. The van der Waals surface area contributed by atoms with Crippen LogP contribution in [0.5, 0.6) is 0 Å². The van der Waals surface area contributed by atoms with Crippen molar-refractivity contribution in [2.75, 3.05) is 17.7 Å². The lowest BCUT2D eigenvalue weighted by Crippen LogP contribution is -2.32. The number of halogens is 1. The predicted molar refractivity (Wildman–Crippen MR) is 83.4 cm³/mol. The van der Waals surface area contributed by atoms with E-state index in [4.69, 9.17) is 11.6 Å². The van der Waals surface area contributed by atoms with Crippen molar-refractivity contribution in [2.24, 2.45) is 0 Å². The van der Waals surface area contributed by atoms with Crippen LogP contribution in [0.3, 0.4) is 0 Å². The highest BCUT2D eigenvalue weighted by Crippen LogP contribution is 2.17. The van der Waals surface area contributed by atoms with Crippen LogP contribution >= 0.6 is 11.6 Å². The van der Waals surface area contributed by atoms with Gasteiger partial charge in [0, 0.05) is 17.8 Å². The zero-order valence-corrected chi connectivity index (χ0v) is 12.9. The highest BCUT2D eigenvalue weighted by Gasteiger charge is 2.22. The molecule has 0 aliphatic heterocycles. The Kier molecular flexibility index (Phi) is 4.65. The fourth-order valence-electron chi connectivity index (χ4n) is 1.78. The number of hydrogen-bond donors (Lipinski definition) is 0. The Morgan fingerprint density at radius 3 is 2.19 bits per heavy atom. The van der Waals surface area contributed by atoms with E-state index in [0.717, 1.165) is 0 Å². The standard InChI is InChI=1S/C15H14ClNO3S/c1-17(13-5-3-2-4-6-13)15(18)11-21(19,20)14-9-7-12(16)8-10-14/h2-10H,11H2,1H3. The predicted octanol–water partition coefficient (Wildman–Crippen LogP) is 2.78. The Morgan fingerprint density at radius 2 is 1.62 bits per heavy atom. The second-order valence-electron chi connectivity index (χ2n) is 4.50. The Bertz CT molecular complexity index is 727. The third-order valence-corrected chi connectivity index (χ3v) is 4.87. The molecule has 0 aromatic heterocycles. The van der Waals surface area contributed by atoms with E-state index in [1.54, 1.807) is 31.3 Å². The summed E-state index contributed by atoms with van der Waals surface area (Å²) < 4.78 is 24.4. The number of nitrogens with zero attached hydrogens (tertiary/aromatic N) is 1. The van der Waals surface area contributed by atoms with Gasteiger partial charge in [0.1, 0.15) is 5.75 Å². The van der Waals surface area contributed by atoms with Crippen molar-refractivity contribution in [3.05, 3.63) is 59.6 Å². The first-order chi connectivity index (χ1) is 9.90. The van der Waals surface area contributed by atoms with E-state index in [9.17, 15) is 13.2 Å². The van der Waals surface area contributed by atoms with E-state index in [1.165, 1.54) is 29.2 Å². The molecule has 0 heterocycles. The van der Waals surface area contributed by atoms with Gasteiger partial charge in [0.2, 0.25) is 5.91 Å². The first kappa shape index (κ1) is 15.5. The summed E-state index contributed by atoms with van der Waals surface area (Å²) in [6.45, 7) is 0. The SMILES string of the molecule is CN(C(=O)CS(=O)(=O)c1ccc(Cl)cc1)c1ccccc1. The summed E-state index contributed by atoms with van der Waals surface area (Å²) in [7, 11) is -2.13. The molecule has 0 spiro atoms. The summed E-state index contributed by atoms with van der Waals surface area (Å²) in [5, 5.41) is 0.446. The molecule has 1 amide bonds. The van der Waals surface area contributed by atoms with Crippen LogP contribution in [0.1, 0.15) is 0 Å². The molecule has 6 heteroatoms. The van der Waals surface area contributed by atoms with E-state index < -0.39 is 21.5 Å². The van der Waals surface area contributed by atoms with E-state index in [2.05, 4.69) is 0 Å². The molecule has 0 unspecified atom stereocenters. The monoisotopic (exact) mass is 323 g/mol. The summed E-state index contributed by atoms with van der Waals surface area (Å²) in [6, 6.07) is 14.6. The van der Waals surface area contributed by atoms with Crippen molar-refractivity contribution in [2.45, 2.75) is 4.90 Å². The third kappa shape index (κ3) is 3.83. The van der Waals surface area contributed by atoms with Crippen molar-refractivity contribution in [1.82, 2.24) is 0 Å². The van der Waals surface area contributed by atoms with Crippen molar-refractivity contribution in [1.29, 1.82) is 0 Å². The van der Waals surface area contributed by atoms with Crippen LogP contribution in [-0.4, -0.2) is 27.1 Å². The molecule has 0 N–H and O–H groups in total. The molecule has 2 aromatic rings. The van der Waals surface area contributed by atoms with Crippen LogP contribution in [-0.2, 0) is 14.6 Å². The molecule has 4 nitrogen and oxygen atoms in total. The first-order valence-electron chi connectivity index (χ1n) is 6.20. The molecule has 110 valence electrons. The number of benzene rings is 2. The van der Waals surface area contributed by atoms with Crippen molar-refractivity contribution in [3.8, 4) is 0 Å². The molecule has 0 aliphatic rings. The van der Waals surface area contributed by atoms with Crippen LogP contribution in [0.25, 0.3) is 0 Å². The number of rotatable bonds is 4. The lowest BCUT2D eigenvalue weighted by Gasteiger charge is -2.17. The molecule has 0 saturated heterocycles. The molecule has 0 atom stereocenters. The minimum absolute atomic E-state index is 0.0849. The zero-order valence-electron chi connectivity index (χ0n) is 11.4. The average Bonchev–Trinajstić information content (AvgIpc) is 2.47. The Labute approximate surface area is 128 Å². The van der Waals surface area contributed by atoms with Gasteiger partial charge in [0.25, 0.3) is 0 Å². The van der Waals surface area contributed by atoms with Gasteiger partial charge in [0.05, 0.1) is 4.90 Å². The van der Waals surface area contributed by atoms with Crippen molar-refractivity contribution < 1.29 is 13.2 Å². The summed E-state index contributed by atoms with van der Waals surface area (Å²) in [4.78, 5) is 13.5.